The van der Waals surface area contributed by atoms with E-state index in [-0.39, 0.29) is 11.4 Å². The molecule has 0 atom stereocenters. The first-order valence-electron chi connectivity index (χ1n) is 6.51. The highest BCUT2D eigenvalue weighted by atomic mass is 79.9. The van der Waals surface area contributed by atoms with Crippen LogP contribution in [-0.4, -0.2) is 14.7 Å². The van der Waals surface area contributed by atoms with Gasteiger partial charge in [-0.2, -0.15) is 5.10 Å². The fourth-order valence-corrected chi connectivity index (χ4v) is 2.72. The zero-order valence-electron chi connectivity index (χ0n) is 12.1. The first-order valence-corrected chi connectivity index (χ1v) is 7.63. The molecule has 7 heteroatoms. The summed E-state index contributed by atoms with van der Waals surface area (Å²) in [5, 5.41) is 16.1. The molecule has 0 aliphatic carbocycles. The smallest absolute Gasteiger partial charge is 0.311 e. The maximum Gasteiger partial charge on any atom is 0.311 e. The number of halogens is 1. The molecular weight excluding hydrogens is 338 g/mol. The lowest BCUT2D eigenvalue weighted by atomic mass is 10.1. The molecule has 1 aromatic carbocycles. The number of rotatable bonds is 5. The number of nitro groups is 1. The van der Waals surface area contributed by atoms with E-state index in [9.17, 15) is 10.1 Å². The van der Waals surface area contributed by atoms with E-state index < -0.39 is 4.92 Å². The molecule has 0 bridgehead atoms. The standard InChI is InChI=1S/C14H16BrN3O3/c1-4-10-5-6-13(12(7-10)18(19)20)21-14-11(8-15)9(2)16-17(14)3/h5-7H,4,8H2,1-3H3. The number of aromatic nitrogens is 2. The molecule has 112 valence electrons. The molecule has 0 aliphatic heterocycles. The van der Waals surface area contributed by atoms with Gasteiger partial charge in [0, 0.05) is 24.0 Å². The van der Waals surface area contributed by atoms with Gasteiger partial charge in [-0.15, -0.1) is 0 Å². The Morgan fingerprint density at radius 1 is 1.48 bits per heavy atom. The summed E-state index contributed by atoms with van der Waals surface area (Å²) in [5.74, 6) is 0.735. The average molecular weight is 354 g/mol. The molecule has 2 aromatic rings. The molecular formula is C14H16BrN3O3. The summed E-state index contributed by atoms with van der Waals surface area (Å²) in [6.07, 6.45) is 0.735. The Morgan fingerprint density at radius 2 is 2.19 bits per heavy atom. The van der Waals surface area contributed by atoms with Crippen LogP contribution in [0.5, 0.6) is 11.6 Å². The van der Waals surface area contributed by atoms with Crippen molar-refractivity contribution in [3.63, 3.8) is 0 Å². The predicted molar refractivity (Wildman–Crippen MR) is 83.1 cm³/mol. The van der Waals surface area contributed by atoms with Crippen molar-refractivity contribution in [2.24, 2.45) is 7.05 Å². The number of hydrogen-bond donors (Lipinski definition) is 0. The van der Waals surface area contributed by atoms with Gasteiger partial charge in [-0.05, 0) is 25.0 Å². The van der Waals surface area contributed by atoms with Gasteiger partial charge < -0.3 is 4.74 Å². The van der Waals surface area contributed by atoms with E-state index in [1.807, 2.05) is 19.9 Å². The fraction of sp³-hybridized carbons (Fsp3) is 0.357. The summed E-state index contributed by atoms with van der Waals surface area (Å²) < 4.78 is 7.36. The maximum absolute atomic E-state index is 11.2. The molecule has 1 heterocycles. The van der Waals surface area contributed by atoms with E-state index in [4.69, 9.17) is 4.74 Å². The third-order valence-electron chi connectivity index (χ3n) is 3.26. The molecule has 0 radical (unpaired) electrons. The number of alkyl halides is 1. The zero-order valence-corrected chi connectivity index (χ0v) is 13.7. The first-order chi connectivity index (χ1) is 9.97. The largest absolute Gasteiger partial charge is 0.432 e. The lowest BCUT2D eigenvalue weighted by Crippen LogP contribution is -2.00. The minimum Gasteiger partial charge on any atom is -0.432 e. The van der Waals surface area contributed by atoms with E-state index in [0.717, 1.165) is 23.2 Å². The summed E-state index contributed by atoms with van der Waals surface area (Å²) in [4.78, 5) is 10.8. The van der Waals surface area contributed by atoms with Gasteiger partial charge in [0.25, 0.3) is 0 Å². The van der Waals surface area contributed by atoms with Crippen molar-refractivity contribution in [1.82, 2.24) is 9.78 Å². The molecule has 0 aliphatic rings. The number of hydrogen-bond acceptors (Lipinski definition) is 4. The summed E-state index contributed by atoms with van der Waals surface area (Å²) in [5.41, 5.74) is 2.58. The van der Waals surface area contributed by atoms with Crippen LogP contribution in [0.3, 0.4) is 0 Å². The minimum absolute atomic E-state index is 0.0336. The Morgan fingerprint density at radius 3 is 2.76 bits per heavy atom. The highest BCUT2D eigenvalue weighted by Crippen LogP contribution is 2.35. The van der Waals surface area contributed by atoms with Gasteiger partial charge in [0.2, 0.25) is 11.6 Å². The van der Waals surface area contributed by atoms with Crippen LogP contribution >= 0.6 is 15.9 Å². The molecule has 0 amide bonds. The molecule has 6 nitrogen and oxygen atoms in total. The van der Waals surface area contributed by atoms with Crippen molar-refractivity contribution < 1.29 is 9.66 Å². The van der Waals surface area contributed by atoms with Crippen LogP contribution in [0.4, 0.5) is 5.69 Å². The summed E-state index contributed by atoms with van der Waals surface area (Å²) in [7, 11) is 1.75. The topological polar surface area (TPSA) is 70.2 Å². The number of nitro benzene ring substituents is 1. The van der Waals surface area contributed by atoms with E-state index in [1.54, 1.807) is 23.9 Å². The van der Waals surface area contributed by atoms with Crippen LogP contribution in [-0.2, 0) is 18.8 Å². The van der Waals surface area contributed by atoms with Gasteiger partial charge in [-0.25, -0.2) is 4.68 Å². The maximum atomic E-state index is 11.2. The fourth-order valence-electron chi connectivity index (χ4n) is 2.08. The zero-order chi connectivity index (χ0) is 15.6. The second kappa shape index (κ2) is 6.26. The van der Waals surface area contributed by atoms with Crippen molar-refractivity contribution in [1.29, 1.82) is 0 Å². The number of ether oxygens (including phenoxy) is 1. The third kappa shape index (κ3) is 3.07. The Balaban J connectivity index is 2.47. The van der Waals surface area contributed by atoms with Crippen molar-refractivity contribution >= 4 is 21.6 Å². The Kier molecular flexibility index (Phi) is 4.62. The summed E-state index contributed by atoms with van der Waals surface area (Å²) in [6.45, 7) is 3.82. The molecule has 0 unspecified atom stereocenters. The second-order valence-corrected chi connectivity index (χ2v) is 5.20. The normalized spacial score (nSPS) is 10.7. The van der Waals surface area contributed by atoms with Gasteiger partial charge in [0.1, 0.15) is 0 Å². The van der Waals surface area contributed by atoms with Gasteiger partial charge in [-0.3, -0.25) is 10.1 Å². The van der Waals surface area contributed by atoms with E-state index in [2.05, 4.69) is 21.0 Å². The molecule has 0 saturated carbocycles. The van der Waals surface area contributed by atoms with E-state index >= 15 is 0 Å². The monoisotopic (exact) mass is 353 g/mol. The van der Waals surface area contributed by atoms with Gasteiger partial charge in [0.15, 0.2) is 0 Å². The highest BCUT2D eigenvalue weighted by molar-refractivity contribution is 9.08. The molecule has 0 N–H and O–H groups in total. The Labute approximate surface area is 131 Å². The van der Waals surface area contributed by atoms with Gasteiger partial charge in [-0.1, -0.05) is 28.9 Å². The van der Waals surface area contributed by atoms with Crippen LogP contribution in [0.15, 0.2) is 18.2 Å². The number of nitrogens with zero attached hydrogens (tertiary/aromatic N) is 3. The van der Waals surface area contributed by atoms with Crippen LogP contribution in [0.25, 0.3) is 0 Å². The van der Waals surface area contributed by atoms with Crippen LogP contribution in [0.2, 0.25) is 0 Å². The van der Waals surface area contributed by atoms with Gasteiger partial charge >= 0.3 is 5.69 Å². The first kappa shape index (κ1) is 15.5. The average Bonchev–Trinajstić information content (AvgIpc) is 2.72. The SMILES string of the molecule is CCc1ccc(Oc2c(CBr)c(C)nn2C)c([N+](=O)[O-])c1. The lowest BCUT2D eigenvalue weighted by molar-refractivity contribution is -0.385. The predicted octanol–water partition coefficient (Wildman–Crippen LogP) is 3.89. The van der Waals surface area contributed by atoms with E-state index in [0.29, 0.717) is 11.2 Å². The Bertz CT molecular complexity index is 682. The number of aryl methyl sites for hydroxylation is 3. The molecule has 2 rings (SSSR count). The summed E-state index contributed by atoms with van der Waals surface area (Å²) >= 11 is 3.39. The van der Waals surface area contributed by atoms with Gasteiger partial charge in [0.05, 0.1) is 10.6 Å². The van der Waals surface area contributed by atoms with Crippen molar-refractivity contribution in [3.05, 3.63) is 45.1 Å². The molecule has 21 heavy (non-hydrogen) atoms. The quantitative estimate of drug-likeness (QED) is 0.464. The van der Waals surface area contributed by atoms with Crippen LogP contribution < -0.4 is 4.74 Å². The third-order valence-corrected chi connectivity index (χ3v) is 3.82. The Hall–Kier alpha value is -1.89. The van der Waals surface area contributed by atoms with Crippen molar-refractivity contribution in [2.45, 2.75) is 25.6 Å². The molecule has 0 spiro atoms. The summed E-state index contributed by atoms with van der Waals surface area (Å²) in [6, 6.07) is 5.02. The van der Waals surface area contributed by atoms with Crippen molar-refractivity contribution in [3.8, 4) is 11.6 Å². The number of benzene rings is 1. The highest BCUT2D eigenvalue weighted by Gasteiger charge is 2.20. The van der Waals surface area contributed by atoms with Crippen molar-refractivity contribution in [2.75, 3.05) is 0 Å². The van der Waals surface area contributed by atoms with Crippen LogP contribution in [0.1, 0.15) is 23.7 Å². The van der Waals surface area contributed by atoms with Crippen LogP contribution in [0, 0.1) is 17.0 Å². The molecule has 1 aromatic heterocycles. The molecule has 0 saturated heterocycles. The minimum atomic E-state index is -0.425. The lowest BCUT2D eigenvalue weighted by Gasteiger charge is -2.09. The molecule has 0 fully saturated rings. The van der Waals surface area contributed by atoms with E-state index in [1.165, 1.54) is 0 Å². The second-order valence-electron chi connectivity index (χ2n) is 4.64.